The van der Waals surface area contributed by atoms with Crippen molar-refractivity contribution in [3.05, 3.63) is 73.9 Å². The number of amides is 1. The van der Waals surface area contributed by atoms with Crippen LogP contribution in [0.1, 0.15) is 16.1 Å². The highest BCUT2D eigenvalue weighted by molar-refractivity contribution is 7.21. The second kappa shape index (κ2) is 8.68. The van der Waals surface area contributed by atoms with E-state index in [1.807, 2.05) is 30.3 Å². The number of hydrogen-bond donors (Lipinski definition) is 1. The number of para-hydroxylation sites is 1. The molecule has 0 atom stereocenters. The Morgan fingerprint density at radius 2 is 1.93 bits per heavy atom. The van der Waals surface area contributed by atoms with Gasteiger partial charge < -0.3 is 14.6 Å². The van der Waals surface area contributed by atoms with E-state index in [-0.39, 0.29) is 5.91 Å². The first kappa shape index (κ1) is 20.7. The molecule has 8 heteroatoms. The summed E-state index contributed by atoms with van der Waals surface area (Å²) in [4.78, 5) is 26.7. The van der Waals surface area contributed by atoms with Gasteiger partial charge in [-0.3, -0.25) is 4.79 Å². The van der Waals surface area contributed by atoms with E-state index in [1.54, 1.807) is 24.1 Å². The number of carbonyl (C=O) groups excluding carboxylic acids is 1. The van der Waals surface area contributed by atoms with Crippen molar-refractivity contribution in [1.29, 1.82) is 0 Å². The minimum absolute atomic E-state index is 0.122. The van der Waals surface area contributed by atoms with E-state index in [2.05, 4.69) is 5.32 Å². The van der Waals surface area contributed by atoms with Crippen LogP contribution in [0.5, 0.6) is 0 Å². The van der Waals surface area contributed by atoms with Crippen molar-refractivity contribution < 1.29 is 9.21 Å². The van der Waals surface area contributed by atoms with E-state index in [4.69, 9.17) is 27.6 Å². The molecule has 30 heavy (non-hydrogen) atoms. The SMILES string of the molecule is CN(CCCNc1cc(=O)oc2ccccc12)C(=O)c1sc2cc(Cl)ccc2c1Cl. The Bertz CT molecular complexity index is 1300. The Balaban J connectivity index is 1.40. The molecule has 0 radical (unpaired) electrons. The molecule has 154 valence electrons. The summed E-state index contributed by atoms with van der Waals surface area (Å²) in [5.74, 6) is -0.122. The quantitative estimate of drug-likeness (QED) is 0.287. The molecule has 2 aromatic carbocycles. The summed E-state index contributed by atoms with van der Waals surface area (Å²) in [6.45, 7) is 1.14. The summed E-state index contributed by atoms with van der Waals surface area (Å²) >= 11 is 13.8. The highest BCUT2D eigenvalue weighted by atomic mass is 35.5. The predicted molar refractivity (Wildman–Crippen MR) is 124 cm³/mol. The van der Waals surface area contributed by atoms with E-state index >= 15 is 0 Å². The van der Waals surface area contributed by atoms with E-state index < -0.39 is 5.63 Å². The maximum absolute atomic E-state index is 12.8. The number of fused-ring (bicyclic) bond motifs is 2. The van der Waals surface area contributed by atoms with Gasteiger partial charge in [0.15, 0.2) is 0 Å². The van der Waals surface area contributed by atoms with E-state index in [9.17, 15) is 9.59 Å². The minimum atomic E-state index is -0.400. The Labute approximate surface area is 186 Å². The van der Waals surface area contributed by atoms with Crippen LogP contribution in [0.3, 0.4) is 0 Å². The summed E-state index contributed by atoms with van der Waals surface area (Å²) in [5, 5.41) is 6.02. The molecule has 0 unspecified atom stereocenters. The molecule has 0 aliphatic carbocycles. The number of halogens is 2. The van der Waals surface area contributed by atoms with Crippen molar-refractivity contribution >= 4 is 67.2 Å². The van der Waals surface area contributed by atoms with Crippen molar-refractivity contribution in [3.8, 4) is 0 Å². The van der Waals surface area contributed by atoms with Crippen LogP contribution >= 0.6 is 34.5 Å². The van der Waals surface area contributed by atoms with Gasteiger partial charge in [0.2, 0.25) is 0 Å². The van der Waals surface area contributed by atoms with Crippen molar-refractivity contribution in [3.63, 3.8) is 0 Å². The molecule has 2 heterocycles. The first-order valence-electron chi connectivity index (χ1n) is 9.34. The molecule has 0 spiro atoms. The molecule has 1 amide bonds. The normalized spacial score (nSPS) is 11.2. The van der Waals surface area contributed by atoms with E-state index in [0.717, 1.165) is 21.2 Å². The molecule has 2 aromatic heterocycles. The number of nitrogens with one attached hydrogen (secondary N) is 1. The lowest BCUT2D eigenvalue weighted by atomic mass is 10.2. The standard InChI is InChI=1S/C22H18Cl2N2O3S/c1-26(22(28)21-20(24)15-8-7-13(23)11-18(15)30-21)10-4-9-25-16-12-19(27)29-17-6-3-2-5-14(16)17/h2-3,5-8,11-12,25H,4,9-10H2,1H3. The van der Waals surface area contributed by atoms with Crippen molar-refractivity contribution in [1.82, 2.24) is 4.90 Å². The molecule has 1 N–H and O–H groups in total. The number of rotatable bonds is 6. The number of nitrogens with zero attached hydrogens (tertiary/aromatic N) is 1. The number of benzene rings is 2. The number of anilines is 1. The van der Waals surface area contributed by atoms with Crippen molar-refractivity contribution in [2.75, 3.05) is 25.5 Å². The summed E-state index contributed by atoms with van der Waals surface area (Å²) in [5.41, 5.74) is 0.863. The molecule has 0 fully saturated rings. The fourth-order valence-corrected chi connectivity index (χ4v) is 5.03. The number of thiophene rings is 1. The molecule has 0 aliphatic rings. The van der Waals surface area contributed by atoms with Gasteiger partial charge in [-0.15, -0.1) is 11.3 Å². The molecule has 0 saturated heterocycles. The predicted octanol–water partition coefficient (Wildman–Crippen LogP) is 5.89. The molecule has 0 aliphatic heterocycles. The number of carbonyl (C=O) groups is 1. The molecule has 0 saturated carbocycles. The summed E-state index contributed by atoms with van der Waals surface area (Å²) < 4.78 is 6.09. The minimum Gasteiger partial charge on any atom is -0.423 e. The second-order valence-corrected chi connectivity index (χ2v) is 8.73. The highest BCUT2D eigenvalue weighted by Gasteiger charge is 2.20. The summed E-state index contributed by atoms with van der Waals surface area (Å²) in [6, 6.07) is 14.2. The maximum atomic E-state index is 12.8. The lowest BCUT2D eigenvalue weighted by molar-refractivity contribution is 0.0799. The smallest absolute Gasteiger partial charge is 0.338 e. The van der Waals surface area contributed by atoms with Crippen LogP contribution in [0.2, 0.25) is 10.0 Å². The van der Waals surface area contributed by atoms with E-state index in [1.165, 1.54) is 17.4 Å². The molecule has 5 nitrogen and oxygen atoms in total. The van der Waals surface area contributed by atoms with Crippen LogP contribution < -0.4 is 10.9 Å². The molecular weight excluding hydrogens is 443 g/mol. The second-order valence-electron chi connectivity index (χ2n) is 6.87. The van der Waals surface area contributed by atoms with Gasteiger partial charge in [-0.25, -0.2) is 4.79 Å². The van der Waals surface area contributed by atoms with Gasteiger partial charge in [-0.2, -0.15) is 0 Å². The fraction of sp³-hybridized carbons (Fsp3) is 0.182. The van der Waals surface area contributed by atoms with Gasteiger partial charge in [0, 0.05) is 46.7 Å². The largest absolute Gasteiger partial charge is 0.423 e. The third-order valence-corrected chi connectivity index (χ3v) is 6.65. The first-order chi connectivity index (χ1) is 14.4. The zero-order valence-corrected chi connectivity index (χ0v) is 18.4. The molecular formula is C22H18Cl2N2O3S. The highest BCUT2D eigenvalue weighted by Crippen LogP contribution is 2.37. The fourth-order valence-electron chi connectivity index (χ4n) is 3.25. The van der Waals surface area contributed by atoms with Crippen LogP contribution in [-0.4, -0.2) is 30.9 Å². The Morgan fingerprint density at radius 3 is 2.77 bits per heavy atom. The average Bonchev–Trinajstić information content (AvgIpc) is 3.05. The lowest BCUT2D eigenvalue weighted by Crippen LogP contribution is -2.28. The Hall–Kier alpha value is -2.54. The van der Waals surface area contributed by atoms with Crippen molar-refractivity contribution in [2.45, 2.75) is 6.42 Å². The van der Waals surface area contributed by atoms with Crippen LogP contribution in [0.15, 0.2) is 57.7 Å². The third-order valence-electron chi connectivity index (χ3n) is 4.77. The molecule has 0 bridgehead atoms. The zero-order chi connectivity index (χ0) is 21.3. The van der Waals surface area contributed by atoms with Gasteiger partial charge in [0.05, 0.1) is 10.7 Å². The monoisotopic (exact) mass is 460 g/mol. The van der Waals surface area contributed by atoms with Crippen LogP contribution in [0.4, 0.5) is 5.69 Å². The van der Waals surface area contributed by atoms with Gasteiger partial charge in [0.1, 0.15) is 10.5 Å². The van der Waals surface area contributed by atoms with Crippen LogP contribution in [0.25, 0.3) is 21.1 Å². The van der Waals surface area contributed by atoms with Crippen LogP contribution in [0, 0.1) is 0 Å². The Kier molecular flexibility index (Phi) is 5.99. The van der Waals surface area contributed by atoms with Gasteiger partial charge in [-0.1, -0.05) is 41.4 Å². The molecule has 4 aromatic rings. The maximum Gasteiger partial charge on any atom is 0.338 e. The van der Waals surface area contributed by atoms with Gasteiger partial charge in [0.25, 0.3) is 5.91 Å². The van der Waals surface area contributed by atoms with Crippen LogP contribution in [-0.2, 0) is 0 Å². The van der Waals surface area contributed by atoms with Gasteiger partial charge >= 0.3 is 5.63 Å². The van der Waals surface area contributed by atoms with E-state index in [0.29, 0.717) is 40.0 Å². The third kappa shape index (κ3) is 4.17. The lowest BCUT2D eigenvalue weighted by Gasteiger charge is -2.17. The zero-order valence-electron chi connectivity index (χ0n) is 16.1. The van der Waals surface area contributed by atoms with Crippen molar-refractivity contribution in [2.24, 2.45) is 0 Å². The summed E-state index contributed by atoms with van der Waals surface area (Å²) in [7, 11) is 1.75. The molecule has 4 rings (SSSR count). The summed E-state index contributed by atoms with van der Waals surface area (Å²) in [6.07, 6.45) is 0.700. The number of hydrogen-bond acceptors (Lipinski definition) is 5. The Morgan fingerprint density at radius 1 is 1.13 bits per heavy atom. The first-order valence-corrected chi connectivity index (χ1v) is 10.9. The topological polar surface area (TPSA) is 62.6 Å². The average molecular weight is 461 g/mol. The van der Waals surface area contributed by atoms with Gasteiger partial charge in [-0.05, 0) is 30.7 Å².